The van der Waals surface area contributed by atoms with Gasteiger partial charge in [0.05, 0.1) is 19.1 Å². The van der Waals surface area contributed by atoms with Gasteiger partial charge in [0.15, 0.2) is 0 Å². The Balaban J connectivity index is 3.40. The molecule has 20 heavy (non-hydrogen) atoms. The second kappa shape index (κ2) is 6.50. The topological polar surface area (TPSA) is 108 Å². The van der Waals surface area contributed by atoms with Crippen LogP contribution >= 0.6 is 0 Å². The summed E-state index contributed by atoms with van der Waals surface area (Å²) >= 11 is 0. The molecular weight excluding hydrogens is 268 g/mol. The number of hydrogen-bond donors (Lipinski definition) is 1. The highest BCUT2D eigenvalue weighted by atomic mass is 16.6. The van der Waals surface area contributed by atoms with Crippen LogP contribution < -0.4 is 10.1 Å². The molecule has 1 N–H and O–H groups in total. The molecule has 0 spiro atoms. The molecule has 0 saturated heterocycles. The number of nitrogens with zero attached hydrogens (tertiary/aromatic N) is 1. The van der Waals surface area contributed by atoms with E-state index >= 15 is 0 Å². The largest absolute Gasteiger partial charge is 0.496 e. The first-order chi connectivity index (χ1) is 9.44. The molecule has 0 aliphatic heterocycles. The monoisotopic (exact) mass is 282 g/mol. The summed E-state index contributed by atoms with van der Waals surface area (Å²) in [5.41, 5.74) is -0.532. The highest BCUT2D eigenvalue weighted by molar-refractivity contribution is 5.98. The van der Waals surface area contributed by atoms with Crippen LogP contribution in [0.4, 0.5) is 11.4 Å². The van der Waals surface area contributed by atoms with Crippen LogP contribution in [0.2, 0.25) is 0 Å². The molecule has 0 aliphatic rings. The van der Waals surface area contributed by atoms with Crippen molar-refractivity contribution in [3.8, 4) is 5.75 Å². The second-order valence-corrected chi connectivity index (χ2v) is 3.72. The highest BCUT2D eigenvalue weighted by Crippen LogP contribution is 2.33. The van der Waals surface area contributed by atoms with Gasteiger partial charge in [-0.15, -0.1) is 0 Å². The zero-order chi connectivity index (χ0) is 15.3. The molecule has 0 saturated carbocycles. The first kappa shape index (κ1) is 15.4. The van der Waals surface area contributed by atoms with Crippen LogP contribution in [-0.2, 0) is 9.53 Å². The maximum atomic E-state index is 11.5. The zero-order valence-corrected chi connectivity index (χ0v) is 11.3. The minimum absolute atomic E-state index is 0.0358. The van der Waals surface area contributed by atoms with Crippen molar-refractivity contribution in [3.63, 3.8) is 0 Å². The van der Waals surface area contributed by atoms with Gasteiger partial charge in [-0.2, -0.15) is 0 Å². The van der Waals surface area contributed by atoms with Crippen LogP contribution in [0.1, 0.15) is 23.7 Å². The molecule has 0 bridgehead atoms. The van der Waals surface area contributed by atoms with Crippen LogP contribution in [0.5, 0.6) is 5.75 Å². The fraction of sp³-hybridized carbons (Fsp3) is 0.333. The van der Waals surface area contributed by atoms with E-state index in [1.54, 1.807) is 6.92 Å². The van der Waals surface area contributed by atoms with E-state index in [0.717, 1.165) is 13.2 Å². The van der Waals surface area contributed by atoms with Gasteiger partial charge >= 0.3 is 5.97 Å². The predicted octanol–water partition coefficient (Wildman–Crippen LogP) is 1.74. The van der Waals surface area contributed by atoms with E-state index in [4.69, 9.17) is 4.74 Å². The summed E-state index contributed by atoms with van der Waals surface area (Å²) in [4.78, 5) is 33.2. The summed E-state index contributed by atoms with van der Waals surface area (Å²) in [6.45, 7) is 1.61. The van der Waals surface area contributed by atoms with Crippen molar-refractivity contribution < 1.29 is 24.0 Å². The predicted molar refractivity (Wildman–Crippen MR) is 69.9 cm³/mol. The minimum Gasteiger partial charge on any atom is -0.496 e. The zero-order valence-electron chi connectivity index (χ0n) is 11.3. The van der Waals surface area contributed by atoms with Crippen LogP contribution in [0.15, 0.2) is 12.1 Å². The summed E-state index contributed by atoms with van der Waals surface area (Å²) in [7, 11) is 2.46. The highest BCUT2D eigenvalue weighted by Gasteiger charge is 2.23. The number of ether oxygens (including phenoxy) is 2. The number of anilines is 1. The number of carbonyl (C=O) groups excluding carboxylic acids is 2. The van der Waals surface area contributed by atoms with Crippen molar-refractivity contribution >= 4 is 23.3 Å². The molecule has 1 amide bonds. The van der Waals surface area contributed by atoms with Crippen LogP contribution in [0.3, 0.4) is 0 Å². The summed E-state index contributed by atoms with van der Waals surface area (Å²) in [6, 6.07) is 2.23. The van der Waals surface area contributed by atoms with E-state index < -0.39 is 16.6 Å². The molecule has 0 radical (unpaired) electrons. The molecule has 0 heterocycles. The van der Waals surface area contributed by atoms with Gasteiger partial charge in [-0.25, -0.2) is 4.79 Å². The molecule has 108 valence electrons. The van der Waals surface area contributed by atoms with Gasteiger partial charge in [0, 0.05) is 18.6 Å². The maximum absolute atomic E-state index is 11.5. The molecule has 0 aromatic heterocycles. The number of carbonyl (C=O) groups is 2. The van der Waals surface area contributed by atoms with Gasteiger partial charge in [-0.05, 0) is 0 Å². The van der Waals surface area contributed by atoms with Crippen molar-refractivity contribution in [3.05, 3.63) is 27.8 Å². The average molecular weight is 282 g/mol. The Morgan fingerprint density at radius 1 is 1.35 bits per heavy atom. The Labute approximate surface area is 114 Å². The van der Waals surface area contributed by atoms with Crippen molar-refractivity contribution in [1.82, 2.24) is 0 Å². The van der Waals surface area contributed by atoms with E-state index in [-0.39, 0.29) is 29.3 Å². The van der Waals surface area contributed by atoms with Gasteiger partial charge in [0.2, 0.25) is 5.91 Å². The number of methoxy groups -OCH3 is 2. The molecule has 8 heteroatoms. The Bertz CT molecular complexity index is 555. The SMILES string of the molecule is CCC(=O)Nc1cc(OC)c(C(=O)OC)cc1[N+](=O)[O-]. The van der Waals surface area contributed by atoms with Gasteiger partial charge < -0.3 is 14.8 Å². The minimum atomic E-state index is -0.765. The van der Waals surface area contributed by atoms with E-state index in [1.165, 1.54) is 13.2 Å². The molecule has 0 atom stereocenters. The first-order valence-electron chi connectivity index (χ1n) is 5.69. The summed E-state index contributed by atoms with van der Waals surface area (Å²) in [6.07, 6.45) is 0.165. The molecule has 0 aliphatic carbocycles. The van der Waals surface area contributed by atoms with Crippen molar-refractivity contribution in [1.29, 1.82) is 0 Å². The fourth-order valence-electron chi connectivity index (χ4n) is 1.50. The van der Waals surface area contributed by atoms with Crippen molar-refractivity contribution in [2.45, 2.75) is 13.3 Å². The van der Waals surface area contributed by atoms with Gasteiger partial charge in [0.25, 0.3) is 5.69 Å². The van der Waals surface area contributed by atoms with E-state index in [9.17, 15) is 19.7 Å². The third kappa shape index (κ3) is 3.22. The standard InChI is InChI=1S/C12H14N2O6/c1-4-11(15)13-8-6-10(19-2)7(12(16)20-3)5-9(8)14(17)18/h5-6H,4H2,1-3H3,(H,13,15). The normalized spacial score (nSPS) is 9.75. The molecule has 1 aromatic rings. The van der Waals surface area contributed by atoms with Gasteiger partial charge in [0.1, 0.15) is 17.0 Å². The number of esters is 1. The lowest BCUT2D eigenvalue weighted by molar-refractivity contribution is -0.384. The molecular formula is C12H14N2O6. The fourth-order valence-corrected chi connectivity index (χ4v) is 1.50. The van der Waals surface area contributed by atoms with Crippen LogP contribution in [-0.4, -0.2) is 31.0 Å². The lowest BCUT2D eigenvalue weighted by Crippen LogP contribution is -2.13. The third-order valence-corrected chi connectivity index (χ3v) is 2.52. The van der Waals surface area contributed by atoms with Crippen molar-refractivity contribution in [2.24, 2.45) is 0 Å². The molecule has 1 aromatic carbocycles. The number of nitro groups is 1. The van der Waals surface area contributed by atoms with Crippen molar-refractivity contribution in [2.75, 3.05) is 19.5 Å². The van der Waals surface area contributed by atoms with Gasteiger partial charge in [-0.3, -0.25) is 14.9 Å². The number of hydrogen-bond acceptors (Lipinski definition) is 6. The Morgan fingerprint density at radius 3 is 2.45 bits per heavy atom. The van der Waals surface area contributed by atoms with E-state index in [0.29, 0.717) is 0 Å². The Hall–Kier alpha value is -2.64. The second-order valence-electron chi connectivity index (χ2n) is 3.72. The smallest absolute Gasteiger partial charge is 0.341 e. The summed E-state index contributed by atoms with van der Waals surface area (Å²) < 4.78 is 9.51. The number of benzene rings is 1. The third-order valence-electron chi connectivity index (χ3n) is 2.52. The van der Waals surface area contributed by atoms with Crippen LogP contribution in [0.25, 0.3) is 0 Å². The lowest BCUT2D eigenvalue weighted by Gasteiger charge is -2.10. The summed E-state index contributed by atoms with van der Waals surface area (Å²) in [5, 5.41) is 13.4. The molecule has 0 fully saturated rings. The number of nitrogens with one attached hydrogen (secondary N) is 1. The summed E-state index contributed by atoms with van der Waals surface area (Å²) in [5.74, 6) is -1.08. The first-order valence-corrected chi connectivity index (χ1v) is 5.69. The number of rotatable bonds is 5. The molecule has 8 nitrogen and oxygen atoms in total. The Kier molecular flexibility index (Phi) is 5.01. The van der Waals surface area contributed by atoms with E-state index in [1.807, 2.05) is 0 Å². The Morgan fingerprint density at radius 2 is 2.00 bits per heavy atom. The maximum Gasteiger partial charge on any atom is 0.341 e. The average Bonchev–Trinajstić information content (AvgIpc) is 2.45. The number of amides is 1. The molecule has 1 rings (SSSR count). The quantitative estimate of drug-likeness (QED) is 0.500. The molecule has 0 unspecified atom stereocenters. The number of nitro benzene ring substituents is 1. The van der Waals surface area contributed by atoms with E-state index in [2.05, 4.69) is 10.1 Å². The lowest BCUT2D eigenvalue weighted by atomic mass is 10.1. The van der Waals surface area contributed by atoms with Gasteiger partial charge in [-0.1, -0.05) is 6.92 Å². The van der Waals surface area contributed by atoms with Crippen LogP contribution in [0, 0.1) is 10.1 Å².